The van der Waals surface area contributed by atoms with Gasteiger partial charge in [0.1, 0.15) is 5.75 Å². The van der Waals surface area contributed by atoms with Crippen LogP contribution in [-0.2, 0) is 4.79 Å². The average molecular weight is 343 g/mol. The molecule has 1 N–H and O–H groups in total. The zero-order chi connectivity index (χ0) is 18.3. The molecule has 1 aromatic rings. The van der Waals surface area contributed by atoms with E-state index in [1.165, 1.54) is 0 Å². The van der Waals surface area contributed by atoms with Crippen molar-refractivity contribution in [1.29, 1.82) is 0 Å². The fourth-order valence-corrected chi connectivity index (χ4v) is 3.42. The summed E-state index contributed by atoms with van der Waals surface area (Å²) in [5.74, 6) is 0.982. The summed E-state index contributed by atoms with van der Waals surface area (Å²) in [7, 11) is 3.30. The molecule has 0 bridgehead atoms. The van der Waals surface area contributed by atoms with Gasteiger partial charge in [0.25, 0.3) is 5.91 Å². The van der Waals surface area contributed by atoms with E-state index in [0.717, 1.165) is 11.3 Å². The van der Waals surface area contributed by atoms with Crippen molar-refractivity contribution < 1.29 is 14.3 Å². The van der Waals surface area contributed by atoms with Gasteiger partial charge in [0.05, 0.1) is 31.0 Å². The second-order valence-electron chi connectivity index (χ2n) is 6.96. The minimum Gasteiger partial charge on any atom is -0.496 e. The molecule has 2 aliphatic heterocycles. The topological polar surface area (TPSA) is 61.9 Å². The lowest BCUT2D eigenvalue weighted by molar-refractivity contribution is -0.128. The monoisotopic (exact) mass is 343 g/mol. The number of ether oxygens (including phenoxy) is 1. The number of amides is 3. The Hall–Kier alpha value is -2.50. The Bertz CT molecular complexity index is 741. The fraction of sp³-hybridized carbons (Fsp3) is 0.474. The SMILES string of the molecule is COc1ccccc1[C@@H]1NC(=O)N(C)C2=C1C(=O)N([C@H](C)C(C)C)C2. The second-order valence-corrected chi connectivity index (χ2v) is 6.96. The van der Waals surface area contributed by atoms with Crippen LogP contribution >= 0.6 is 0 Å². The summed E-state index contributed by atoms with van der Waals surface area (Å²) in [6.07, 6.45) is 0. The van der Waals surface area contributed by atoms with Gasteiger partial charge in [0.15, 0.2) is 0 Å². The highest BCUT2D eigenvalue weighted by Gasteiger charge is 2.45. The number of urea groups is 1. The highest BCUT2D eigenvalue weighted by molar-refractivity contribution is 6.01. The number of carbonyl (C=O) groups excluding carboxylic acids is 2. The smallest absolute Gasteiger partial charge is 0.322 e. The maximum Gasteiger partial charge on any atom is 0.322 e. The van der Waals surface area contributed by atoms with Gasteiger partial charge in [-0.25, -0.2) is 4.79 Å². The lowest BCUT2D eigenvalue weighted by atomic mass is 9.95. The van der Waals surface area contributed by atoms with Gasteiger partial charge >= 0.3 is 6.03 Å². The molecule has 134 valence electrons. The van der Waals surface area contributed by atoms with Crippen molar-refractivity contribution in [2.45, 2.75) is 32.9 Å². The predicted octanol–water partition coefficient (Wildman–Crippen LogP) is 2.53. The molecule has 0 aromatic heterocycles. The van der Waals surface area contributed by atoms with E-state index in [2.05, 4.69) is 19.2 Å². The van der Waals surface area contributed by atoms with Crippen LogP contribution in [0.2, 0.25) is 0 Å². The third kappa shape index (κ3) is 2.75. The van der Waals surface area contributed by atoms with Gasteiger partial charge in [-0.3, -0.25) is 9.69 Å². The van der Waals surface area contributed by atoms with Crippen molar-refractivity contribution >= 4 is 11.9 Å². The third-order valence-corrected chi connectivity index (χ3v) is 5.29. The van der Waals surface area contributed by atoms with Crippen LogP contribution in [0.15, 0.2) is 35.5 Å². The molecule has 3 amide bonds. The normalized spacial score (nSPS) is 21.6. The Morgan fingerprint density at radius 1 is 1.20 bits per heavy atom. The Kier molecular flexibility index (Phi) is 4.45. The van der Waals surface area contributed by atoms with E-state index in [1.807, 2.05) is 36.1 Å². The van der Waals surface area contributed by atoms with Crippen LogP contribution in [0.4, 0.5) is 4.79 Å². The Morgan fingerprint density at radius 2 is 1.88 bits per heavy atom. The molecule has 0 radical (unpaired) electrons. The van der Waals surface area contributed by atoms with Crippen LogP contribution in [0.5, 0.6) is 5.75 Å². The first-order valence-corrected chi connectivity index (χ1v) is 8.58. The van der Waals surface area contributed by atoms with Crippen molar-refractivity contribution in [2.75, 3.05) is 20.7 Å². The van der Waals surface area contributed by atoms with Crippen molar-refractivity contribution in [3.63, 3.8) is 0 Å². The van der Waals surface area contributed by atoms with Crippen LogP contribution in [0.3, 0.4) is 0 Å². The number of likely N-dealkylation sites (N-methyl/N-ethyl adjacent to an activating group) is 1. The molecule has 2 heterocycles. The van der Waals surface area contributed by atoms with Crippen molar-refractivity contribution in [1.82, 2.24) is 15.1 Å². The molecule has 0 unspecified atom stereocenters. The number of methoxy groups -OCH3 is 1. The highest BCUT2D eigenvalue weighted by atomic mass is 16.5. The summed E-state index contributed by atoms with van der Waals surface area (Å²) in [5, 5.41) is 2.95. The first-order valence-electron chi connectivity index (χ1n) is 8.58. The molecule has 6 nitrogen and oxygen atoms in total. The molecule has 2 atom stereocenters. The van der Waals surface area contributed by atoms with Crippen molar-refractivity contribution in [3.8, 4) is 5.75 Å². The zero-order valence-electron chi connectivity index (χ0n) is 15.4. The molecule has 25 heavy (non-hydrogen) atoms. The fourth-order valence-electron chi connectivity index (χ4n) is 3.42. The molecular weight excluding hydrogens is 318 g/mol. The molecule has 0 fully saturated rings. The number of para-hydroxylation sites is 1. The van der Waals surface area contributed by atoms with E-state index in [4.69, 9.17) is 4.74 Å². The largest absolute Gasteiger partial charge is 0.496 e. The van der Waals surface area contributed by atoms with E-state index in [-0.39, 0.29) is 18.0 Å². The molecule has 2 aliphatic rings. The third-order valence-electron chi connectivity index (χ3n) is 5.29. The van der Waals surface area contributed by atoms with Gasteiger partial charge in [0, 0.05) is 18.7 Å². The van der Waals surface area contributed by atoms with E-state index in [1.54, 1.807) is 19.1 Å². The lowest BCUT2D eigenvalue weighted by Gasteiger charge is -2.31. The summed E-state index contributed by atoms with van der Waals surface area (Å²) in [4.78, 5) is 29.0. The van der Waals surface area contributed by atoms with Gasteiger partial charge < -0.3 is 15.0 Å². The number of carbonyl (C=O) groups is 2. The minimum absolute atomic E-state index is 0.0149. The van der Waals surface area contributed by atoms with E-state index in [9.17, 15) is 9.59 Å². The zero-order valence-corrected chi connectivity index (χ0v) is 15.4. The highest BCUT2D eigenvalue weighted by Crippen LogP contribution is 2.39. The number of hydrogen-bond acceptors (Lipinski definition) is 3. The number of nitrogens with one attached hydrogen (secondary N) is 1. The molecule has 6 heteroatoms. The van der Waals surface area contributed by atoms with Crippen LogP contribution < -0.4 is 10.1 Å². The molecule has 0 saturated heterocycles. The number of rotatable bonds is 4. The molecule has 3 rings (SSSR count). The van der Waals surface area contributed by atoms with Crippen molar-refractivity contribution in [3.05, 3.63) is 41.1 Å². The number of nitrogens with zero attached hydrogens (tertiary/aromatic N) is 2. The van der Waals surface area contributed by atoms with E-state index >= 15 is 0 Å². The van der Waals surface area contributed by atoms with Gasteiger partial charge in [0.2, 0.25) is 0 Å². The quantitative estimate of drug-likeness (QED) is 0.914. The summed E-state index contributed by atoms with van der Waals surface area (Å²) in [6.45, 7) is 6.71. The maximum atomic E-state index is 13.2. The van der Waals surface area contributed by atoms with Crippen LogP contribution in [0, 0.1) is 5.92 Å². The maximum absolute atomic E-state index is 13.2. The number of hydrogen-bond donors (Lipinski definition) is 1. The first-order chi connectivity index (χ1) is 11.9. The van der Waals surface area contributed by atoms with Crippen LogP contribution in [-0.4, -0.2) is 48.5 Å². The van der Waals surface area contributed by atoms with Crippen LogP contribution in [0.1, 0.15) is 32.4 Å². The summed E-state index contributed by atoms with van der Waals surface area (Å²) >= 11 is 0. The Labute approximate surface area is 148 Å². The first kappa shape index (κ1) is 17.3. The summed E-state index contributed by atoms with van der Waals surface area (Å²) < 4.78 is 5.44. The predicted molar refractivity (Wildman–Crippen MR) is 95.1 cm³/mol. The Morgan fingerprint density at radius 3 is 2.52 bits per heavy atom. The summed E-state index contributed by atoms with van der Waals surface area (Å²) in [5.41, 5.74) is 2.21. The standard InChI is InChI=1S/C19H25N3O3/c1-11(2)12(3)22-10-14-16(18(22)23)17(20-19(24)21(14)4)13-8-6-7-9-15(13)25-5/h6-9,11-12,17H,10H2,1-5H3,(H,20,24)/t12-,17+/m1/s1. The minimum atomic E-state index is -0.494. The second kappa shape index (κ2) is 6.43. The average Bonchev–Trinajstić information content (AvgIpc) is 2.95. The lowest BCUT2D eigenvalue weighted by Crippen LogP contribution is -2.45. The van der Waals surface area contributed by atoms with Gasteiger partial charge in [-0.2, -0.15) is 0 Å². The van der Waals surface area contributed by atoms with Gasteiger partial charge in [-0.05, 0) is 18.9 Å². The van der Waals surface area contributed by atoms with Gasteiger partial charge in [-0.15, -0.1) is 0 Å². The van der Waals surface area contributed by atoms with E-state index in [0.29, 0.717) is 23.8 Å². The molecule has 1 aromatic carbocycles. The number of benzene rings is 1. The van der Waals surface area contributed by atoms with Crippen molar-refractivity contribution in [2.24, 2.45) is 5.92 Å². The molecular formula is C19H25N3O3. The molecule has 0 saturated carbocycles. The summed E-state index contributed by atoms with van der Waals surface area (Å²) in [6, 6.07) is 6.89. The van der Waals surface area contributed by atoms with Gasteiger partial charge in [-0.1, -0.05) is 32.0 Å². The molecule has 0 aliphatic carbocycles. The van der Waals surface area contributed by atoms with E-state index < -0.39 is 6.04 Å². The van der Waals surface area contributed by atoms with Crippen LogP contribution in [0.25, 0.3) is 0 Å². The Balaban J connectivity index is 2.06. The molecule has 0 spiro atoms.